The Morgan fingerprint density at radius 2 is 1.02 bits per heavy atom. The molecule has 0 aliphatic heterocycles. The van der Waals surface area contributed by atoms with Gasteiger partial charge in [-0.1, -0.05) is 70.7 Å². The smallest absolute Gasteiger partial charge is 0.431 e. The first kappa shape index (κ1) is 43.1. The third kappa shape index (κ3) is 13.6. The van der Waals surface area contributed by atoms with Crippen LogP contribution in [0.25, 0.3) is 0 Å². The molecular weight excluding hydrogens is 796 g/mol. The third-order valence-electron chi connectivity index (χ3n) is 6.43. The highest BCUT2D eigenvalue weighted by molar-refractivity contribution is 7.99. The molecule has 0 aliphatic rings. The summed E-state index contributed by atoms with van der Waals surface area (Å²) in [5.74, 6) is 1.57. The van der Waals surface area contributed by atoms with Crippen LogP contribution in [0.5, 0.6) is 0 Å². The monoisotopic (exact) mass is 826 g/mol. The molecule has 278 valence electrons. The Morgan fingerprint density at radius 1 is 0.680 bits per heavy atom. The Labute approximate surface area is 307 Å². The first-order valence-corrected chi connectivity index (χ1v) is 19.7. The van der Waals surface area contributed by atoms with Gasteiger partial charge in [-0.3, -0.25) is 13.8 Å². The van der Waals surface area contributed by atoms with Gasteiger partial charge in [0, 0.05) is 17.4 Å². The van der Waals surface area contributed by atoms with Gasteiger partial charge in [-0.25, -0.2) is 26.8 Å². The van der Waals surface area contributed by atoms with Crippen LogP contribution in [0.3, 0.4) is 0 Å². The fraction of sp³-hybridized carbons (Fsp3) is 0.414. The lowest BCUT2D eigenvalue weighted by atomic mass is 10.0. The summed E-state index contributed by atoms with van der Waals surface area (Å²) < 4.78 is 84.3. The van der Waals surface area contributed by atoms with Gasteiger partial charge in [0.25, 0.3) is 11.8 Å². The zero-order valence-electron chi connectivity index (χ0n) is 26.2. The Morgan fingerprint density at radius 3 is 1.30 bits per heavy atom. The second-order valence-corrected chi connectivity index (χ2v) is 17.0. The summed E-state index contributed by atoms with van der Waals surface area (Å²) in [6.07, 6.45) is -3.55. The topological polar surface area (TPSA) is 180 Å². The Kier molecular flexibility index (Phi) is 16.8. The molecular formula is C29H32Cl4F2N2O11S2. The summed E-state index contributed by atoms with van der Waals surface area (Å²) in [6, 6.07) is 7.28. The highest BCUT2D eigenvalue weighted by Gasteiger charge is 2.32. The molecule has 0 saturated heterocycles. The van der Waals surface area contributed by atoms with Gasteiger partial charge >= 0.3 is 12.3 Å². The molecule has 2 N–H and O–H groups in total. The van der Waals surface area contributed by atoms with E-state index in [4.69, 9.17) is 65.4 Å². The zero-order valence-corrected chi connectivity index (χ0v) is 30.9. The molecule has 0 fully saturated rings. The van der Waals surface area contributed by atoms with E-state index in [0.29, 0.717) is 4.90 Å². The molecule has 0 bridgehead atoms. The molecule has 5 atom stereocenters. The molecule has 0 heterocycles. The molecule has 13 nitrogen and oxygen atoms in total. The molecule has 2 aromatic rings. The fourth-order valence-electron chi connectivity index (χ4n) is 4.02. The Balaban J connectivity index is 2.14. The van der Waals surface area contributed by atoms with E-state index in [1.165, 1.54) is 54.8 Å². The Hall–Kier alpha value is -3.09. The van der Waals surface area contributed by atoms with Crippen LogP contribution in [-0.4, -0.2) is 103 Å². The van der Waals surface area contributed by atoms with Crippen LogP contribution in [0.1, 0.15) is 23.3 Å². The molecule has 0 spiro atoms. The van der Waals surface area contributed by atoms with E-state index in [9.17, 15) is 40.6 Å². The minimum absolute atomic E-state index is 0.0533. The number of hydrogen-bond donors (Lipinski definition) is 2. The first-order chi connectivity index (χ1) is 23.3. The van der Waals surface area contributed by atoms with Crippen LogP contribution in [0.4, 0.5) is 18.4 Å². The molecule has 0 aromatic heterocycles. The maximum atomic E-state index is 14.1. The lowest BCUT2D eigenvalue weighted by molar-refractivity contribution is -0.122. The van der Waals surface area contributed by atoms with E-state index < -0.39 is 104 Å². The normalized spacial score (nSPS) is 15.2. The molecule has 1 unspecified atom stereocenters. The van der Waals surface area contributed by atoms with Crippen molar-refractivity contribution in [1.82, 2.24) is 10.6 Å². The first-order valence-electron chi connectivity index (χ1n) is 14.0. The van der Waals surface area contributed by atoms with E-state index in [-0.39, 0.29) is 16.0 Å². The minimum Gasteiger partial charge on any atom is -0.431 e. The lowest BCUT2D eigenvalue weighted by Gasteiger charge is -2.26. The number of amides is 2. The molecule has 21 heteroatoms. The van der Waals surface area contributed by atoms with Crippen molar-refractivity contribution < 1.29 is 59.5 Å². The number of nitrogens with one attached hydrogen (secondary N) is 2. The zero-order chi connectivity index (χ0) is 37.8. The van der Waals surface area contributed by atoms with Crippen molar-refractivity contribution in [2.75, 3.05) is 39.1 Å². The van der Waals surface area contributed by atoms with Gasteiger partial charge in [-0.05, 0) is 50.8 Å². The van der Waals surface area contributed by atoms with Crippen LogP contribution >= 0.6 is 46.4 Å². The van der Waals surface area contributed by atoms with Crippen molar-refractivity contribution in [2.45, 2.75) is 43.8 Å². The number of carbonyl (C=O) groups excluding carboxylic acids is 4. The van der Waals surface area contributed by atoms with Crippen molar-refractivity contribution in [3.05, 3.63) is 59.7 Å². The van der Waals surface area contributed by atoms with Gasteiger partial charge in [0.2, 0.25) is 0 Å². The average Bonchev–Trinajstić information content (AvgIpc) is 3.05. The second kappa shape index (κ2) is 19.5. The molecule has 2 aromatic carbocycles. The summed E-state index contributed by atoms with van der Waals surface area (Å²) >= 11 is 22.2. The Bertz CT molecular complexity index is 1570. The maximum Gasteiger partial charge on any atom is 0.509 e. The van der Waals surface area contributed by atoms with Crippen LogP contribution in [0.15, 0.2) is 58.3 Å². The summed E-state index contributed by atoms with van der Waals surface area (Å²) in [5, 5.41) is 4.38. The van der Waals surface area contributed by atoms with Crippen molar-refractivity contribution >= 4 is 95.8 Å². The van der Waals surface area contributed by atoms with E-state index in [1.807, 2.05) is 0 Å². The standard InChI is InChI=1S/C29H32Cl4F2N2O11S2/c1-49(2,42)18-8-4-16(5-9-18)22(20(14-34)36-26(38)24(30)31)47-28(40)45-12-13-46-29(41)48-23(21(15-35)37-27(39)25(32)33)17-6-10-19(11-7-17)50(3,43)44/h4-11,20-25H,1,12-15H2,2-3H3,(H,36,38)(H,37,39)/t20-,21-,22-,23-,49?/m1/s1. The average molecular weight is 829 g/mol. The SMILES string of the molecule is C=S(C)(=O)c1ccc([C@@H](OC(=O)OCCOC(=O)O[C@H](c2ccc(S(C)(=O)=O)cc2)[C@@H](CF)NC(=O)C(Cl)Cl)[C@@H](CF)NC(=O)C(Cl)Cl)cc1. The minimum atomic E-state index is -3.62. The van der Waals surface area contributed by atoms with E-state index >= 15 is 0 Å². The van der Waals surface area contributed by atoms with Crippen LogP contribution in [0, 0.1) is 0 Å². The molecule has 0 aliphatic carbocycles. The van der Waals surface area contributed by atoms with Crippen molar-refractivity contribution in [2.24, 2.45) is 0 Å². The molecule has 0 saturated carbocycles. The van der Waals surface area contributed by atoms with Gasteiger partial charge in [0.05, 0.1) is 17.0 Å². The lowest BCUT2D eigenvalue weighted by Crippen LogP contribution is -2.44. The van der Waals surface area contributed by atoms with Gasteiger partial charge in [0.15, 0.2) is 31.7 Å². The van der Waals surface area contributed by atoms with Crippen molar-refractivity contribution in [3.8, 4) is 0 Å². The molecule has 0 radical (unpaired) electrons. The summed E-state index contributed by atoms with van der Waals surface area (Å²) in [6.45, 7) is -3.84. The number of halogens is 6. The number of hydrogen-bond acceptors (Lipinski definition) is 11. The van der Waals surface area contributed by atoms with E-state index in [1.54, 1.807) is 0 Å². The highest BCUT2D eigenvalue weighted by Crippen LogP contribution is 2.27. The summed E-state index contributed by atoms with van der Waals surface area (Å²) in [4.78, 5) is 46.3. The van der Waals surface area contributed by atoms with Gasteiger partial charge < -0.3 is 29.6 Å². The predicted molar refractivity (Wildman–Crippen MR) is 183 cm³/mol. The summed E-state index contributed by atoms with van der Waals surface area (Å²) in [5.41, 5.74) is 0.204. The maximum absolute atomic E-state index is 14.1. The number of alkyl halides is 6. The van der Waals surface area contributed by atoms with Gasteiger partial charge in [0.1, 0.15) is 26.6 Å². The molecule has 2 amide bonds. The molecule has 50 heavy (non-hydrogen) atoms. The number of ether oxygens (including phenoxy) is 4. The van der Waals surface area contributed by atoms with E-state index in [0.717, 1.165) is 6.26 Å². The number of benzene rings is 2. The predicted octanol–water partition coefficient (Wildman–Crippen LogP) is 4.40. The second-order valence-electron chi connectivity index (χ2n) is 10.3. The van der Waals surface area contributed by atoms with Crippen LogP contribution < -0.4 is 10.6 Å². The summed E-state index contributed by atoms with van der Waals surface area (Å²) in [7, 11) is -6.24. The van der Waals surface area contributed by atoms with Crippen LogP contribution in [0.2, 0.25) is 0 Å². The fourth-order valence-corrected chi connectivity index (χ4v) is 5.62. The third-order valence-corrected chi connectivity index (χ3v) is 9.62. The van der Waals surface area contributed by atoms with Crippen molar-refractivity contribution in [3.63, 3.8) is 0 Å². The van der Waals surface area contributed by atoms with Gasteiger partial charge in [-0.2, -0.15) is 0 Å². The number of carbonyl (C=O) groups is 4. The van der Waals surface area contributed by atoms with Crippen molar-refractivity contribution in [1.29, 1.82) is 0 Å². The molecule has 2 rings (SSSR count). The number of sulfone groups is 1. The number of rotatable bonds is 17. The van der Waals surface area contributed by atoms with Gasteiger partial charge in [-0.15, -0.1) is 0 Å². The largest absolute Gasteiger partial charge is 0.509 e. The van der Waals surface area contributed by atoms with E-state index in [2.05, 4.69) is 16.5 Å². The quantitative estimate of drug-likeness (QED) is 0.0999. The highest BCUT2D eigenvalue weighted by atomic mass is 35.5. The van der Waals surface area contributed by atoms with Crippen LogP contribution in [-0.2, 0) is 47.9 Å².